The Hall–Kier alpha value is -4.02. The average Bonchev–Trinajstić information content (AvgIpc) is 3.36. The second kappa shape index (κ2) is 9.00. The minimum absolute atomic E-state index is 0.871. The molecule has 190 valence electrons. The summed E-state index contributed by atoms with van der Waals surface area (Å²) in [4.78, 5) is 0. The third kappa shape index (κ3) is 3.35. The van der Waals surface area contributed by atoms with E-state index in [1.807, 2.05) is 23.5 Å². The number of thiophene rings is 1. The first kappa shape index (κ1) is 23.8. The molecule has 0 fully saturated rings. The van der Waals surface area contributed by atoms with Crippen LogP contribution in [-0.2, 0) is 5.60 Å². The smallest absolute Gasteiger partial charge is 0.142 e. The van der Waals surface area contributed by atoms with Gasteiger partial charge in [0.15, 0.2) is 0 Å². The lowest BCUT2D eigenvalue weighted by molar-refractivity contribution is 0.128. The molecule has 0 saturated heterocycles. The molecule has 1 heterocycles. The van der Waals surface area contributed by atoms with Gasteiger partial charge in [0, 0.05) is 41.3 Å². The molecule has 3 heteroatoms. The van der Waals surface area contributed by atoms with Gasteiger partial charge in [-0.15, -0.1) is 11.3 Å². The van der Waals surface area contributed by atoms with Crippen LogP contribution in [0, 0.1) is 0 Å². The molecule has 1 aliphatic carbocycles. The van der Waals surface area contributed by atoms with Gasteiger partial charge in [-0.2, -0.15) is 0 Å². The largest absolute Gasteiger partial charge is 0.376 e. The van der Waals surface area contributed by atoms with Crippen LogP contribution >= 0.6 is 27.3 Å². The maximum Gasteiger partial charge on any atom is 0.142 e. The van der Waals surface area contributed by atoms with Gasteiger partial charge in [0.1, 0.15) is 5.60 Å². The van der Waals surface area contributed by atoms with Gasteiger partial charge in [-0.25, -0.2) is 0 Å². The molecule has 1 aliphatic rings. The lowest BCUT2D eigenvalue weighted by Crippen LogP contribution is -2.30. The van der Waals surface area contributed by atoms with Crippen molar-refractivity contribution >= 4 is 47.4 Å². The van der Waals surface area contributed by atoms with E-state index in [1.54, 1.807) is 0 Å². The van der Waals surface area contributed by atoms with Crippen LogP contribution < -0.4 is 0 Å². The molecule has 7 aromatic rings. The molecular weight excluding hydrogens is 572 g/mol. The fourth-order valence-corrected chi connectivity index (χ4v) is 8.06. The molecular formula is C37H23BrOS. The Morgan fingerprint density at radius 2 is 1.00 bits per heavy atom. The number of hydrogen-bond acceptors (Lipinski definition) is 2. The van der Waals surface area contributed by atoms with E-state index in [-0.39, 0.29) is 0 Å². The molecule has 1 aromatic heterocycles. The number of fused-ring (bicyclic) bond motifs is 8. The van der Waals surface area contributed by atoms with Crippen LogP contribution in [0.5, 0.6) is 0 Å². The number of halogens is 1. The molecule has 0 aliphatic heterocycles. The Kier molecular flexibility index (Phi) is 5.36. The normalized spacial score (nSPS) is 15.8. The van der Waals surface area contributed by atoms with E-state index in [4.69, 9.17) is 0 Å². The predicted octanol–water partition coefficient (Wildman–Crippen LogP) is 10.4. The van der Waals surface area contributed by atoms with E-state index in [9.17, 15) is 5.11 Å². The van der Waals surface area contributed by atoms with Gasteiger partial charge >= 0.3 is 0 Å². The zero-order valence-electron chi connectivity index (χ0n) is 21.4. The van der Waals surface area contributed by atoms with E-state index in [1.165, 1.54) is 20.2 Å². The topological polar surface area (TPSA) is 20.2 Å². The summed E-state index contributed by atoms with van der Waals surface area (Å²) in [5.74, 6) is 0. The first-order valence-corrected chi connectivity index (χ1v) is 15.0. The number of hydrogen-bond donors (Lipinski definition) is 1. The summed E-state index contributed by atoms with van der Waals surface area (Å²) in [7, 11) is 0. The van der Waals surface area contributed by atoms with Crippen molar-refractivity contribution in [3.05, 3.63) is 155 Å². The van der Waals surface area contributed by atoms with Gasteiger partial charge in [0.2, 0.25) is 0 Å². The highest BCUT2D eigenvalue weighted by atomic mass is 79.9. The van der Waals surface area contributed by atoms with E-state index in [0.717, 1.165) is 54.5 Å². The summed E-state index contributed by atoms with van der Waals surface area (Å²) in [6.45, 7) is 0. The first-order chi connectivity index (χ1) is 19.6. The molecule has 6 aromatic carbocycles. The van der Waals surface area contributed by atoms with Crippen molar-refractivity contribution in [2.24, 2.45) is 0 Å². The van der Waals surface area contributed by atoms with Crippen LogP contribution in [0.4, 0.5) is 0 Å². The van der Waals surface area contributed by atoms with Crippen LogP contribution in [0.3, 0.4) is 0 Å². The number of aliphatic hydroxyl groups is 1. The van der Waals surface area contributed by atoms with Gasteiger partial charge in [-0.05, 0) is 51.6 Å². The third-order valence-corrected chi connectivity index (χ3v) is 9.92. The lowest BCUT2D eigenvalue weighted by atomic mass is 9.75. The molecule has 0 radical (unpaired) electrons. The van der Waals surface area contributed by atoms with E-state index in [2.05, 4.69) is 137 Å². The summed E-state index contributed by atoms with van der Waals surface area (Å²) in [6, 6.07) is 46.6. The summed E-state index contributed by atoms with van der Waals surface area (Å²) in [6.07, 6.45) is 0. The quantitative estimate of drug-likeness (QED) is 0.211. The predicted molar refractivity (Wildman–Crippen MR) is 172 cm³/mol. The minimum atomic E-state index is -1.40. The van der Waals surface area contributed by atoms with Crippen molar-refractivity contribution in [1.29, 1.82) is 0 Å². The first-order valence-electron chi connectivity index (χ1n) is 13.4. The maximum absolute atomic E-state index is 13.4. The number of rotatable bonds is 2. The molecule has 0 bridgehead atoms. The highest BCUT2D eigenvalue weighted by molar-refractivity contribution is 9.10. The van der Waals surface area contributed by atoms with E-state index >= 15 is 0 Å². The Morgan fingerprint density at radius 1 is 0.475 bits per heavy atom. The molecule has 1 N–H and O–H groups in total. The Labute approximate surface area is 245 Å². The molecule has 40 heavy (non-hydrogen) atoms. The zero-order chi connectivity index (χ0) is 26.8. The Balaban J connectivity index is 1.50. The molecule has 8 rings (SSSR count). The SMILES string of the molecule is OC1(c2ccccc2-c2cccc3c2sc2ccccc23)c2ccccc2-c2ccccc2-c2ccc(Br)cc21. The van der Waals surface area contributed by atoms with Crippen molar-refractivity contribution in [1.82, 2.24) is 0 Å². The van der Waals surface area contributed by atoms with Gasteiger partial charge in [0.25, 0.3) is 0 Å². The summed E-state index contributed by atoms with van der Waals surface area (Å²) < 4.78 is 3.44. The average molecular weight is 596 g/mol. The van der Waals surface area contributed by atoms with Crippen LogP contribution in [0.2, 0.25) is 0 Å². The van der Waals surface area contributed by atoms with Gasteiger partial charge in [-0.3, -0.25) is 0 Å². The van der Waals surface area contributed by atoms with Crippen molar-refractivity contribution in [2.75, 3.05) is 0 Å². The maximum atomic E-state index is 13.4. The minimum Gasteiger partial charge on any atom is -0.376 e. The third-order valence-electron chi connectivity index (χ3n) is 8.21. The monoisotopic (exact) mass is 594 g/mol. The van der Waals surface area contributed by atoms with Gasteiger partial charge < -0.3 is 5.11 Å². The molecule has 0 spiro atoms. The highest BCUT2D eigenvalue weighted by Gasteiger charge is 2.42. The van der Waals surface area contributed by atoms with Crippen molar-refractivity contribution in [3.63, 3.8) is 0 Å². The Morgan fingerprint density at radius 3 is 1.73 bits per heavy atom. The van der Waals surface area contributed by atoms with Gasteiger partial charge in [-0.1, -0.05) is 131 Å². The second-order valence-electron chi connectivity index (χ2n) is 10.3. The van der Waals surface area contributed by atoms with E-state index < -0.39 is 5.60 Å². The van der Waals surface area contributed by atoms with Gasteiger partial charge in [0.05, 0.1) is 0 Å². The number of benzene rings is 6. The van der Waals surface area contributed by atoms with Crippen LogP contribution in [0.25, 0.3) is 53.6 Å². The summed E-state index contributed by atoms with van der Waals surface area (Å²) >= 11 is 5.54. The zero-order valence-corrected chi connectivity index (χ0v) is 23.8. The van der Waals surface area contributed by atoms with Crippen LogP contribution in [0.1, 0.15) is 16.7 Å². The van der Waals surface area contributed by atoms with Crippen LogP contribution in [-0.4, -0.2) is 5.11 Å². The van der Waals surface area contributed by atoms with E-state index in [0.29, 0.717) is 0 Å². The fourth-order valence-electron chi connectivity index (χ4n) is 6.47. The summed E-state index contributed by atoms with van der Waals surface area (Å²) in [5.41, 5.74) is 7.73. The van der Waals surface area contributed by atoms with Crippen molar-refractivity contribution in [3.8, 4) is 33.4 Å². The summed E-state index contributed by atoms with van der Waals surface area (Å²) in [5, 5.41) is 15.9. The standard InChI is InChI=1S/C37H23BrOS/c38-23-20-21-28-25-11-2-1-10-24(25)26-12-3-6-17-32(26)37(39,34(28)22-23)33-18-7-4-13-27(33)30-15-9-16-31-29-14-5-8-19-35(29)40-36(30)31/h1-22,39H. The molecule has 0 amide bonds. The molecule has 0 saturated carbocycles. The molecule has 1 unspecified atom stereocenters. The molecule has 1 atom stereocenters. The fraction of sp³-hybridized carbons (Fsp3) is 0.0270. The van der Waals surface area contributed by atoms with Crippen LogP contribution in [0.15, 0.2) is 138 Å². The van der Waals surface area contributed by atoms with Crippen molar-refractivity contribution in [2.45, 2.75) is 5.60 Å². The highest BCUT2D eigenvalue weighted by Crippen LogP contribution is 2.53. The van der Waals surface area contributed by atoms with Crippen molar-refractivity contribution < 1.29 is 5.11 Å². The lowest BCUT2D eigenvalue weighted by Gasteiger charge is -2.33. The Bertz CT molecular complexity index is 2110. The second-order valence-corrected chi connectivity index (χ2v) is 12.3. The molecule has 1 nitrogen and oxygen atoms in total.